The lowest BCUT2D eigenvalue weighted by Gasteiger charge is -2.05. The number of nitrogens with zero attached hydrogens (tertiary/aromatic N) is 2. The lowest BCUT2D eigenvalue weighted by molar-refractivity contribution is 0.101. The van der Waals surface area contributed by atoms with E-state index in [1.807, 2.05) is 53.1 Å². The van der Waals surface area contributed by atoms with Gasteiger partial charge in [0.25, 0.3) is 0 Å². The fourth-order valence-corrected chi connectivity index (χ4v) is 2.04. The summed E-state index contributed by atoms with van der Waals surface area (Å²) in [5, 5.41) is 0. The fraction of sp³-hybridized carbons (Fsp3) is 0.0667. The van der Waals surface area contributed by atoms with Crippen molar-refractivity contribution in [3.63, 3.8) is 0 Å². The molecule has 0 fully saturated rings. The summed E-state index contributed by atoms with van der Waals surface area (Å²) in [5.41, 5.74) is 3.66. The van der Waals surface area contributed by atoms with Crippen LogP contribution in [0.5, 0.6) is 0 Å². The van der Waals surface area contributed by atoms with E-state index >= 15 is 0 Å². The molecular weight excluding hydrogens is 224 g/mol. The topological polar surface area (TPSA) is 34.9 Å². The van der Waals surface area contributed by atoms with Crippen molar-refractivity contribution in [2.45, 2.75) is 6.92 Å². The minimum Gasteiger partial charge on any atom is -0.299 e. The Morgan fingerprint density at radius 1 is 1.11 bits per heavy atom. The molecule has 18 heavy (non-hydrogen) atoms. The average Bonchev–Trinajstić information content (AvgIpc) is 2.82. The number of aromatic nitrogens is 2. The number of carbonyl (C=O) groups is 1. The van der Waals surface area contributed by atoms with Crippen LogP contribution >= 0.6 is 0 Å². The monoisotopic (exact) mass is 236 g/mol. The third kappa shape index (κ3) is 1.70. The minimum absolute atomic E-state index is 0.0706. The van der Waals surface area contributed by atoms with E-state index in [2.05, 4.69) is 4.98 Å². The van der Waals surface area contributed by atoms with Gasteiger partial charge in [0, 0.05) is 11.3 Å². The first kappa shape index (κ1) is 10.7. The molecule has 0 unspecified atom stereocenters. The van der Waals surface area contributed by atoms with Gasteiger partial charge in [-0.2, -0.15) is 0 Å². The van der Waals surface area contributed by atoms with Gasteiger partial charge in [-0.1, -0.05) is 24.3 Å². The predicted octanol–water partition coefficient (Wildman–Crippen LogP) is 3.23. The molecule has 88 valence electrons. The molecule has 0 aliphatic rings. The molecule has 3 nitrogen and oxygen atoms in total. The highest BCUT2D eigenvalue weighted by Crippen LogP contribution is 2.18. The zero-order valence-corrected chi connectivity index (χ0v) is 10.00. The first-order chi connectivity index (χ1) is 8.75. The summed E-state index contributed by atoms with van der Waals surface area (Å²) >= 11 is 0. The van der Waals surface area contributed by atoms with E-state index in [-0.39, 0.29) is 5.78 Å². The van der Waals surface area contributed by atoms with Crippen LogP contribution in [0.4, 0.5) is 0 Å². The number of hydrogen-bond donors (Lipinski definition) is 0. The lowest BCUT2D eigenvalue weighted by atomic mass is 10.1. The van der Waals surface area contributed by atoms with Gasteiger partial charge >= 0.3 is 0 Å². The summed E-state index contributed by atoms with van der Waals surface area (Å²) in [4.78, 5) is 15.8. The van der Waals surface area contributed by atoms with E-state index in [4.69, 9.17) is 0 Å². The Hall–Kier alpha value is -2.42. The second-order valence-corrected chi connectivity index (χ2v) is 4.21. The lowest BCUT2D eigenvalue weighted by Crippen LogP contribution is -1.96. The van der Waals surface area contributed by atoms with Crippen molar-refractivity contribution in [2.24, 2.45) is 0 Å². The highest BCUT2D eigenvalue weighted by molar-refractivity contribution is 5.94. The molecular formula is C15H12N2O. The molecule has 0 aliphatic heterocycles. The number of para-hydroxylation sites is 2. The van der Waals surface area contributed by atoms with E-state index < -0.39 is 0 Å². The minimum atomic E-state index is 0.0706. The summed E-state index contributed by atoms with van der Waals surface area (Å²) in [7, 11) is 0. The third-order valence-corrected chi connectivity index (χ3v) is 2.98. The Labute approximate surface area is 105 Å². The molecule has 0 N–H and O–H groups in total. The van der Waals surface area contributed by atoms with Gasteiger partial charge in [0.05, 0.1) is 11.0 Å². The van der Waals surface area contributed by atoms with Crippen LogP contribution in [-0.4, -0.2) is 15.3 Å². The molecule has 0 saturated carbocycles. The number of carbonyl (C=O) groups excluding carboxylic acids is 1. The Morgan fingerprint density at radius 2 is 1.94 bits per heavy atom. The Kier molecular flexibility index (Phi) is 2.45. The molecule has 0 radical (unpaired) electrons. The summed E-state index contributed by atoms with van der Waals surface area (Å²) in [6.07, 6.45) is 1.78. The first-order valence-corrected chi connectivity index (χ1v) is 5.79. The summed E-state index contributed by atoms with van der Waals surface area (Å²) in [5.74, 6) is 0.0706. The largest absolute Gasteiger partial charge is 0.299 e. The van der Waals surface area contributed by atoms with Crippen LogP contribution < -0.4 is 0 Å². The summed E-state index contributed by atoms with van der Waals surface area (Å²) in [6, 6.07) is 15.5. The molecule has 1 aromatic heterocycles. The maximum atomic E-state index is 11.4. The van der Waals surface area contributed by atoms with Crippen molar-refractivity contribution in [3.8, 4) is 5.69 Å². The van der Waals surface area contributed by atoms with E-state index in [9.17, 15) is 4.79 Å². The molecule has 0 bridgehead atoms. The van der Waals surface area contributed by atoms with Crippen molar-refractivity contribution < 1.29 is 4.79 Å². The SMILES string of the molecule is CC(=O)c1cccc(-n2cnc3ccccc32)c1. The van der Waals surface area contributed by atoms with Gasteiger partial charge in [-0.15, -0.1) is 0 Å². The molecule has 0 atom stereocenters. The van der Waals surface area contributed by atoms with Crippen LogP contribution in [0.2, 0.25) is 0 Å². The van der Waals surface area contributed by atoms with Crippen LogP contribution in [0.3, 0.4) is 0 Å². The molecule has 0 spiro atoms. The first-order valence-electron chi connectivity index (χ1n) is 5.79. The van der Waals surface area contributed by atoms with Gasteiger partial charge in [-0.25, -0.2) is 4.98 Å². The Bertz CT molecular complexity index is 728. The average molecular weight is 236 g/mol. The van der Waals surface area contributed by atoms with Crippen molar-refractivity contribution in [3.05, 3.63) is 60.4 Å². The van der Waals surface area contributed by atoms with E-state index in [0.717, 1.165) is 16.7 Å². The maximum Gasteiger partial charge on any atom is 0.159 e. The highest BCUT2D eigenvalue weighted by Gasteiger charge is 2.05. The highest BCUT2D eigenvalue weighted by atomic mass is 16.1. The number of Topliss-reactive ketones (excluding diaryl/α,β-unsaturated/α-hetero) is 1. The molecule has 2 aromatic carbocycles. The van der Waals surface area contributed by atoms with Crippen molar-refractivity contribution in [1.82, 2.24) is 9.55 Å². The summed E-state index contributed by atoms with van der Waals surface area (Å²) in [6.45, 7) is 1.57. The molecule has 1 heterocycles. The second kappa shape index (κ2) is 4.11. The van der Waals surface area contributed by atoms with Crippen LogP contribution in [0, 0.1) is 0 Å². The molecule has 0 amide bonds. The Balaban J connectivity index is 2.20. The number of ketones is 1. The van der Waals surface area contributed by atoms with Crippen LogP contribution in [0.25, 0.3) is 16.7 Å². The van der Waals surface area contributed by atoms with E-state index in [1.54, 1.807) is 13.3 Å². The number of fused-ring (bicyclic) bond motifs is 1. The second-order valence-electron chi connectivity index (χ2n) is 4.21. The van der Waals surface area contributed by atoms with Gasteiger partial charge < -0.3 is 0 Å². The van der Waals surface area contributed by atoms with Gasteiger partial charge in [-0.3, -0.25) is 9.36 Å². The number of imidazole rings is 1. The molecule has 3 aromatic rings. The third-order valence-electron chi connectivity index (χ3n) is 2.98. The predicted molar refractivity (Wildman–Crippen MR) is 71.1 cm³/mol. The Morgan fingerprint density at radius 3 is 2.78 bits per heavy atom. The van der Waals surface area contributed by atoms with Crippen LogP contribution in [-0.2, 0) is 0 Å². The van der Waals surface area contributed by atoms with E-state index in [1.165, 1.54) is 0 Å². The molecule has 3 rings (SSSR count). The maximum absolute atomic E-state index is 11.4. The zero-order chi connectivity index (χ0) is 12.5. The quantitative estimate of drug-likeness (QED) is 0.640. The molecule has 0 aliphatic carbocycles. The van der Waals surface area contributed by atoms with Crippen molar-refractivity contribution >= 4 is 16.8 Å². The van der Waals surface area contributed by atoms with Crippen LogP contribution in [0.1, 0.15) is 17.3 Å². The van der Waals surface area contributed by atoms with E-state index in [0.29, 0.717) is 5.56 Å². The smallest absolute Gasteiger partial charge is 0.159 e. The standard InChI is InChI=1S/C15H12N2O/c1-11(18)12-5-4-6-13(9-12)17-10-16-14-7-2-3-8-15(14)17/h2-10H,1H3. The van der Waals surface area contributed by atoms with Gasteiger partial charge in [0.1, 0.15) is 6.33 Å². The van der Waals surface area contributed by atoms with Crippen molar-refractivity contribution in [1.29, 1.82) is 0 Å². The number of rotatable bonds is 2. The van der Waals surface area contributed by atoms with Gasteiger partial charge in [0.15, 0.2) is 5.78 Å². The van der Waals surface area contributed by atoms with Crippen LogP contribution in [0.15, 0.2) is 54.9 Å². The number of hydrogen-bond acceptors (Lipinski definition) is 2. The summed E-state index contributed by atoms with van der Waals surface area (Å²) < 4.78 is 1.99. The van der Waals surface area contributed by atoms with Gasteiger partial charge in [0.2, 0.25) is 0 Å². The van der Waals surface area contributed by atoms with Gasteiger partial charge in [-0.05, 0) is 31.2 Å². The number of benzene rings is 2. The normalized spacial score (nSPS) is 10.7. The zero-order valence-electron chi connectivity index (χ0n) is 10.00. The molecule has 0 saturated heterocycles. The molecule has 3 heteroatoms. The fourth-order valence-electron chi connectivity index (χ4n) is 2.04. The van der Waals surface area contributed by atoms with Crippen molar-refractivity contribution in [2.75, 3.05) is 0 Å².